The van der Waals surface area contributed by atoms with Gasteiger partial charge in [-0.05, 0) is 35.9 Å². The lowest BCUT2D eigenvalue weighted by Crippen LogP contribution is -2.23. The van der Waals surface area contributed by atoms with Gasteiger partial charge in [-0.15, -0.1) is 0 Å². The minimum absolute atomic E-state index is 0.289. The number of anilines is 1. The zero-order chi connectivity index (χ0) is 14.2. The van der Waals surface area contributed by atoms with Crippen molar-refractivity contribution < 1.29 is 9.53 Å². The standard InChI is InChI=1S/C16H16N2O2/c1-20-15-9-7-14(8-10-15)18-16(19)17-12-11-13-5-3-2-4-6-13/h2-12H,1H3,(H2,17,18,19). The van der Waals surface area contributed by atoms with E-state index in [2.05, 4.69) is 10.6 Å². The molecule has 2 aromatic carbocycles. The highest BCUT2D eigenvalue weighted by Gasteiger charge is 1.99. The zero-order valence-corrected chi connectivity index (χ0v) is 11.2. The maximum absolute atomic E-state index is 11.7. The van der Waals surface area contributed by atoms with Gasteiger partial charge in [-0.2, -0.15) is 0 Å². The van der Waals surface area contributed by atoms with Gasteiger partial charge in [0, 0.05) is 11.9 Å². The second kappa shape index (κ2) is 6.99. The normalized spacial score (nSPS) is 10.2. The van der Waals surface area contributed by atoms with Gasteiger partial charge in [-0.3, -0.25) is 0 Å². The van der Waals surface area contributed by atoms with E-state index in [-0.39, 0.29) is 6.03 Å². The fourth-order valence-corrected chi connectivity index (χ4v) is 1.62. The van der Waals surface area contributed by atoms with E-state index in [1.807, 2.05) is 36.4 Å². The molecule has 2 amide bonds. The Labute approximate surface area is 118 Å². The average Bonchev–Trinajstić information content (AvgIpc) is 2.49. The highest BCUT2D eigenvalue weighted by molar-refractivity contribution is 5.90. The van der Waals surface area contributed by atoms with E-state index in [4.69, 9.17) is 4.74 Å². The molecule has 20 heavy (non-hydrogen) atoms. The quantitative estimate of drug-likeness (QED) is 0.891. The van der Waals surface area contributed by atoms with Crippen LogP contribution < -0.4 is 15.4 Å². The highest BCUT2D eigenvalue weighted by Crippen LogP contribution is 2.14. The summed E-state index contributed by atoms with van der Waals surface area (Å²) in [5, 5.41) is 5.37. The van der Waals surface area contributed by atoms with Crippen LogP contribution >= 0.6 is 0 Å². The molecule has 0 radical (unpaired) electrons. The number of methoxy groups -OCH3 is 1. The van der Waals surface area contributed by atoms with Gasteiger partial charge in [0.05, 0.1) is 7.11 Å². The van der Waals surface area contributed by atoms with Gasteiger partial charge in [0.15, 0.2) is 0 Å². The molecule has 4 heteroatoms. The summed E-state index contributed by atoms with van der Waals surface area (Å²) in [7, 11) is 1.60. The number of ether oxygens (including phenoxy) is 1. The second-order valence-corrected chi connectivity index (χ2v) is 4.07. The molecule has 0 heterocycles. The predicted molar refractivity (Wildman–Crippen MR) is 80.6 cm³/mol. The van der Waals surface area contributed by atoms with Crippen LogP contribution in [0.3, 0.4) is 0 Å². The highest BCUT2D eigenvalue weighted by atomic mass is 16.5. The second-order valence-electron chi connectivity index (χ2n) is 4.07. The number of hydrogen-bond acceptors (Lipinski definition) is 2. The molecule has 0 aliphatic carbocycles. The molecule has 0 atom stereocenters. The van der Waals surface area contributed by atoms with E-state index in [1.54, 1.807) is 37.6 Å². The minimum atomic E-state index is -0.289. The Morgan fingerprint density at radius 3 is 2.40 bits per heavy atom. The predicted octanol–water partition coefficient (Wildman–Crippen LogP) is 3.49. The van der Waals surface area contributed by atoms with Crippen LogP contribution in [0.5, 0.6) is 5.75 Å². The van der Waals surface area contributed by atoms with Crippen LogP contribution in [0.25, 0.3) is 6.08 Å². The Morgan fingerprint density at radius 1 is 1.05 bits per heavy atom. The van der Waals surface area contributed by atoms with Crippen LogP contribution in [0.15, 0.2) is 60.8 Å². The maximum atomic E-state index is 11.7. The fourth-order valence-electron chi connectivity index (χ4n) is 1.62. The summed E-state index contributed by atoms with van der Waals surface area (Å²) in [6.07, 6.45) is 3.43. The molecule has 2 rings (SSSR count). The number of rotatable bonds is 4. The molecule has 0 saturated heterocycles. The van der Waals surface area contributed by atoms with Crippen LogP contribution in [-0.4, -0.2) is 13.1 Å². The van der Waals surface area contributed by atoms with Crippen molar-refractivity contribution in [3.05, 3.63) is 66.4 Å². The first-order chi connectivity index (χ1) is 9.78. The van der Waals surface area contributed by atoms with Gasteiger partial charge < -0.3 is 15.4 Å². The zero-order valence-electron chi connectivity index (χ0n) is 11.2. The first kappa shape index (κ1) is 13.7. The van der Waals surface area contributed by atoms with E-state index in [0.29, 0.717) is 5.69 Å². The molecule has 0 aromatic heterocycles. The summed E-state index contributed by atoms with van der Waals surface area (Å²) in [5.74, 6) is 0.750. The third-order valence-electron chi connectivity index (χ3n) is 2.64. The van der Waals surface area contributed by atoms with Gasteiger partial charge >= 0.3 is 6.03 Å². The fraction of sp³-hybridized carbons (Fsp3) is 0.0625. The molecule has 0 bridgehead atoms. The molecule has 2 N–H and O–H groups in total. The summed E-state index contributed by atoms with van der Waals surface area (Å²) in [6, 6.07) is 16.6. The molecule has 0 aliphatic rings. The van der Waals surface area contributed by atoms with Crippen molar-refractivity contribution in [2.24, 2.45) is 0 Å². The third-order valence-corrected chi connectivity index (χ3v) is 2.64. The van der Waals surface area contributed by atoms with E-state index < -0.39 is 0 Å². The number of amides is 2. The van der Waals surface area contributed by atoms with Gasteiger partial charge in [-0.25, -0.2) is 4.79 Å². The lowest BCUT2D eigenvalue weighted by atomic mass is 10.2. The SMILES string of the molecule is COc1ccc(NC(=O)NC=Cc2ccccc2)cc1. The third kappa shape index (κ3) is 4.17. The molecule has 4 nitrogen and oxygen atoms in total. The number of nitrogens with one attached hydrogen (secondary N) is 2. The van der Waals surface area contributed by atoms with Crippen LogP contribution in [-0.2, 0) is 0 Å². The van der Waals surface area contributed by atoms with Gasteiger partial charge in [0.2, 0.25) is 0 Å². The Bertz CT molecular complexity index is 577. The number of urea groups is 1. The van der Waals surface area contributed by atoms with E-state index in [1.165, 1.54) is 0 Å². The van der Waals surface area contributed by atoms with Gasteiger partial charge in [-0.1, -0.05) is 30.3 Å². The monoisotopic (exact) mass is 268 g/mol. The van der Waals surface area contributed by atoms with Crippen LogP contribution in [0.1, 0.15) is 5.56 Å². The van der Waals surface area contributed by atoms with Gasteiger partial charge in [0.1, 0.15) is 5.75 Å². The van der Waals surface area contributed by atoms with Crippen molar-refractivity contribution in [3.63, 3.8) is 0 Å². The van der Waals surface area contributed by atoms with E-state index >= 15 is 0 Å². The van der Waals surface area contributed by atoms with Crippen molar-refractivity contribution in [2.75, 3.05) is 12.4 Å². The number of benzene rings is 2. The van der Waals surface area contributed by atoms with Crippen LogP contribution in [0, 0.1) is 0 Å². The molecule has 0 saturated carbocycles. The summed E-state index contributed by atoms with van der Waals surface area (Å²) < 4.78 is 5.05. The summed E-state index contributed by atoms with van der Waals surface area (Å²) in [6.45, 7) is 0. The molecule has 0 fully saturated rings. The number of carbonyl (C=O) groups excluding carboxylic acids is 1. The van der Waals surface area contributed by atoms with Crippen molar-refractivity contribution in [1.82, 2.24) is 5.32 Å². The van der Waals surface area contributed by atoms with Crippen LogP contribution in [0.4, 0.5) is 10.5 Å². The molecular weight excluding hydrogens is 252 g/mol. The lowest BCUT2D eigenvalue weighted by molar-refractivity contribution is 0.255. The first-order valence-corrected chi connectivity index (χ1v) is 6.21. The number of carbonyl (C=O) groups is 1. The minimum Gasteiger partial charge on any atom is -0.497 e. The molecule has 102 valence electrons. The molecule has 2 aromatic rings. The average molecular weight is 268 g/mol. The first-order valence-electron chi connectivity index (χ1n) is 6.21. The Morgan fingerprint density at radius 2 is 1.75 bits per heavy atom. The Balaban J connectivity index is 1.84. The smallest absolute Gasteiger partial charge is 0.323 e. The molecule has 0 unspecified atom stereocenters. The Kier molecular flexibility index (Phi) is 4.78. The van der Waals surface area contributed by atoms with Crippen LogP contribution in [0.2, 0.25) is 0 Å². The molecule has 0 spiro atoms. The summed E-state index contributed by atoms with van der Waals surface area (Å²) >= 11 is 0. The molecular formula is C16H16N2O2. The van der Waals surface area contributed by atoms with E-state index in [0.717, 1.165) is 11.3 Å². The van der Waals surface area contributed by atoms with E-state index in [9.17, 15) is 4.79 Å². The van der Waals surface area contributed by atoms with Crippen molar-refractivity contribution in [2.45, 2.75) is 0 Å². The van der Waals surface area contributed by atoms with Crippen molar-refractivity contribution >= 4 is 17.8 Å². The topological polar surface area (TPSA) is 50.4 Å². The van der Waals surface area contributed by atoms with Crippen molar-refractivity contribution in [1.29, 1.82) is 0 Å². The molecule has 0 aliphatic heterocycles. The largest absolute Gasteiger partial charge is 0.497 e. The maximum Gasteiger partial charge on any atom is 0.323 e. The Hall–Kier alpha value is -2.75. The van der Waals surface area contributed by atoms with Gasteiger partial charge in [0.25, 0.3) is 0 Å². The number of hydrogen-bond donors (Lipinski definition) is 2. The van der Waals surface area contributed by atoms with Crippen molar-refractivity contribution in [3.8, 4) is 5.75 Å². The summed E-state index contributed by atoms with van der Waals surface area (Å²) in [5.41, 5.74) is 1.73. The summed E-state index contributed by atoms with van der Waals surface area (Å²) in [4.78, 5) is 11.7. The lowest BCUT2D eigenvalue weighted by Gasteiger charge is -2.05.